The fourth-order valence-electron chi connectivity index (χ4n) is 5.43. The van der Waals surface area contributed by atoms with Crippen LogP contribution in [0.2, 0.25) is 0 Å². The normalized spacial score (nSPS) is 18.5. The van der Waals surface area contributed by atoms with Gasteiger partial charge in [-0.3, -0.25) is 9.78 Å². The van der Waals surface area contributed by atoms with Crippen molar-refractivity contribution < 1.29 is 22.7 Å². The monoisotopic (exact) mass is 518 g/mol. The minimum atomic E-state index is -3.55. The summed E-state index contributed by atoms with van der Waals surface area (Å²) in [5.74, 6) is 1.55. The van der Waals surface area contributed by atoms with Crippen molar-refractivity contribution in [2.24, 2.45) is 0 Å². The number of nitrogens with one attached hydrogen (secondary N) is 1. The SMILES string of the molecule is O=C(Cc1cccc(-c2ccc(S(=O)(=O)NC3CCCCC3)cc2)n1)C1(c2ccc3c(c2)OCO3)CC1. The number of aromatic nitrogens is 1. The molecule has 0 saturated heterocycles. The fourth-order valence-corrected chi connectivity index (χ4v) is 6.74. The van der Waals surface area contributed by atoms with Crippen LogP contribution in [0.4, 0.5) is 0 Å². The molecule has 6 rings (SSSR count). The molecule has 3 aromatic rings. The molecule has 2 fully saturated rings. The highest BCUT2D eigenvalue weighted by molar-refractivity contribution is 7.89. The molecule has 0 amide bonds. The van der Waals surface area contributed by atoms with Gasteiger partial charge in [-0.15, -0.1) is 0 Å². The van der Waals surface area contributed by atoms with E-state index in [-0.39, 0.29) is 29.9 Å². The van der Waals surface area contributed by atoms with E-state index in [9.17, 15) is 13.2 Å². The van der Waals surface area contributed by atoms with E-state index in [0.717, 1.165) is 49.7 Å². The summed E-state index contributed by atoms with van der Waals surface area (Å²) in [6, 6.07) is 18.2. The van der Waals surface area contributed by atoms with Crippen molar-refractivity contribution in [2.45, 2.75) is 67.7 Å². The summed E-state index contributed by atoms with van der Waals surface area (Å²) >= 11 is 0. The topological polar surface area (TPSA) is 94.6 Å². The summed E-state index contributed by atoms with van der Waals surface area (Å²) in [4.78, 5) is 18.4. The summed E-state index contributed by atoms with van der Waals surface area (Å²) < 4.78 is 39.4. The summed E-state index contributed by atoms with van der Waals surface area (Å²) in [6.45, 7) is 0.209. The maximum absolute atomic E-state index is 13.4. The molecule has 0 bridgehead atoms. The molecule has 7 nitrogen and oxygen atoms in total. The van der Waals surface area contributed by atoms with E-state index in [4.69, 9.17) is 14.5 Å². The van der Waals surface area contributed by atoms with E-state index in [2.05, 4.69) is 4.72 Å². The Hall–Kier alpha value is -3.23. The number of ether oxygens (including phenoxy) is 2. The zero-order valence-corrected chi connectivity index (χ0v) is 21.4. The van der Waals surface area contributed by atoms with Gasteiger partial charge in [0, 0.05) is 23.7 Å². The Morgan fingerprint density at radius 1 is 0.946 bits per heavy atom. The number of nitrogens with zero attached hydrogens (tertiary/aromatic N) is 1. The van der Waals surface area contributed by atoms with E-state index < -0.39 is 15.4 Å². The number of rotatable bonds is 8. The molecule has 1 aliphatic heterocycles. The third-order valence-electron chi connectivity index (χ3n) is 7.74. The molecule has 8 heteroatoms. The van der Waals surface area contributed by atoms with Gasteiger partial charge in [0.05, 0.1) is 16.0 Å². The molecule has 3 aliphatic rings. The number of carbonyl (C=O) groups is 1. The van der Waals surface area contributed by atoms with Crippen LogP contribution in [-0.2, 0) is 26.7 Å². The predicted molar refractivity (Wildman–Crippen MR) is 139 cm³/mol. The average molecular weight is 519 g/mol. The van der Waals surface area contributed by atoms with Gasteiger partial charge in [0.15, 0.2) is 11.5 Å². The summed E-state index contributed by atoms with van der Waals surface area (Å²) in [5.41, 5.74) is 2.70. The number of fused-ring (bicyclic) bond motifs is 1. The molecule has 192 valence electrons. The van der Waals surface area contributed by atoms with Gasteiger partial charge in [0.25, 0.3) is 0 Å². The van der Waals surface area contributed by atoms with Gasteiger partial charge in [0.2, 0.25) is 16.8 Å². The number of carbonyl (C=O) groups excluding carboxylic acids is 1. The highest BCUT2D eigenvalue weighted by atomic mass is 32.2. The van der Waals surface area contributed by atoms with Crippen molar-refractivity contribution in [3.63, 3.8) is 0 Å². The maximum atomic E-state index is 13.4. The van der Waals surface area contributed by atoms with Crippen LogP contribution >= 0.6 is 0 Å². The summed E-state index contributed by atoms with van der Waals surface area (Å²) in [6.07, 6.45) is 6.95. The number of hydrogen-bond donors (Lipinski definition) is 1. The van der Waals surface area contributed by atoms with Gasteiger partial charge in [-0.2, -0.15) is 0 Å². The smallest absolute Gasteiger partial charge is 0.240 e. The molecule has 0 unspecified atom stereocenters. The number of Topliss-reactive ketones (excluding diaryl/α,β-unsaturated/α-hetero) is 1. The van der Waals surface area contributed by atoms with Gasteiger partial charge in [-0.1, -0.05) is 43.5 Å². The Balaban J connectivity index is 1.16. The lowest BCUT2D eigenvalue weighted by molar-refractivity contribution is -0.120. The Bertz CT molecular complexity index is 1420. The van der Waals surface area contributed by atoms with Crippen LogP contribution in [0.1, 0.15) is 56.2 Å². The molecular formula is C29H30N2O5S. The molecule has 1 aromatic heterocycles. The van der Waals surface area contributed by atoms with E-state index in [1.54, 1.807) is 24.3 Å². The van der Waals surface area contributed by atoms with Crippen LogP contribution in [0, 0.1) is 0 Å². The average Bonchev–Trinajstić information content (AvgIpc) is 3.60. The lowest BCUT2D eigenvalue weighted by Gasteiger charge is -2.22. The Morgan fingerprint density at radius 3 is 2.46 bits per heavy atom. The van der Waals surface area contributed by atoms with Crippen LogP contribution in [0.15, 0.2) is 65.6 Å². The molecular weight excluding hydrogens is 488 g/mol. The van der Waals surface area contributed by atoms with Crippen molar-refractivity contribution in [1.82, 2.24) is 9.71 Å². The number of hydrogen-bond acceptors (Lipinski definition) is 6. The van der Waals surface area contributed by atoms with Gasteiger partial charge in [0.1, 0.15) is 5.78 Å². The molecule has 37 heavy (non-hydrogen) atoms. The van der Waals surface area contributed by atoms with E-state index in [0.29, 0.717) is 22.9 Å². The number of sulfonamides is 1. The van der Waals surface area contributed by atoms with Crippen molar-refractivity contribution in [3.8, 4) is 22.8 Å². The fraction of sp³-hybridized carbons (Fsp3) is 0.379. The van der Waals surface area contributed by atoms with Crippen LogP contribution in [-0.4, -0.2) is 32.0 Å². The minimum absolute atomic E-state index is 0.0155. The van der Waals surface area contributed by atoms with Gasteiger partial charge >= 0.3 is 0 Å². The standard InChI is InChI=1S/C29H30N2O5S/c32-28(29(15-16-29)21-11-14-26-27(17-21)36-19-35-26)18-23-7-4-8-25(30-23)20-9-12-24(13-10-20)37(33,34)31-22-5-2-1-3-6-22/h4,7-14,17,22,31H,1-3,5-6,15-16,18-19H2. The highest BCUT2D eigenvalue weighted by Gasteiger charge is 2.51. The van der Waals surface area contributed by atoms with Gasteiger partial charge in [-0.25, -0.2) is 13.1 Å². The largest absolute Gasteiger partial charge is 0.454 e. The molecule has 2 heterocycles. The number of benzene rings is 2. The molecule has 0 radical (unpaired) electrons. The van der Waals surface area contributed by atoms with Crippen molar-refractivity contribution in [2.75, 3.05) is 6.79 Å². The third kappa shape index (κ3) is 4.88. The molecule has 0 atom stereocenters. The first kappa shape index (κ1) is 24.1. The molecule has 2 aliphatic carbocycles. The Morgan fingerprint density at radius 2 is 1.70 bits per heavy atom. The van der Waals surface area contributed by atoms with Crippen LogP contribution in [0.25, 0.3) is 11.3 Å². The van der Waals surface area contributed by atoms with Crippen LogP contribution in [0.5, 0.6) is 11.5 Å². The number of ketones is 1. The van der Waals surface area contributed by atoms with E-state index >= 15 is 0 Å². The number of pyridine rings is 1. The third-order valence-corrected chi connectivity index (χ3v) is 9.28. The maximum Gasteiger partial charge on any atom is 0.240 e. The van der Waals surface area contributed by atoms with E-state index in [1.165, 1.54) is 6.42 Å². The predicted octanol–water partition coefficient (Wildman–Crippen LogP) is 4.93. The van der Waals surface area contributed by atoms with Gasteiger partial charge in [-0.05, 0) is 67.6 Å². The molecule has 2 saturated carbocycles. The molecule has 0 spiro atoms. The van der Waals surface area contributed by atoms with Crippen molar-refractivity contribution in [3.05, 3.63) is 71.9 Å². The van der Waals surface area contributed by atoms with Crippen LogP contribution < -0.4 is 14.2 Å². The zero-order valence-electron chi connectivity index (χ0n) is 20.6. The van der Waals surface area contributed by atoms with E-state index in [1.807, 2.05) is 36.4 Å². The first-order chi connectivity index (χ1) is 17.9. The summed E-state index contributed by atoms with van der Waals surface area (Å²) in [5, 5.41) is 0. The second-order valence-corrected chi connectivity index (χ2v) is 12.0. The second-order valence-electron chi connectivity index (χ2n) is 10.2. The highest BCUT2D eigenvalue weighted by Crippen LogP contribution is 2.51. The van der Waals surface area contributed by atoms with Crippen molar-refractivity contribution >= 4 is 15.8 Å². The first-order valence-electron chi connectivity index (χ1n) is 13.0. The first-order valence-corrected chi connectivity index (χ1v) is 14.4. The lowest BCUT2D eigenvalue weighted by atomic mass is 9.88. The second kappa shape index (κ2) is 9.58. The van der Waals surface area contributed by atoms with Gasteiger partial charge < -0.3 is 9.47 Å². The minimum Gasteiger partial charge on any atom is -0.454 e. The van der Waals surface area contributed by atoms with Crippen LogP contribution in [0.3, 0.4) is 0 Å². The zero-order chi connectivity index (χ0) is 25.5. The molecule has 2 aromatic carbocycles. The lowest BCUT2D eigenvalue weighted by Crippen LogP contribution is -2.36. The molecule has 1 N–H and O–H groups in total. The van der Waals surface area contributed by atoms with Crippen molar-refractivity contribution in [1.29, 1.82) is 0 Å². The Kier molecular flexibility index (Phi) is 6.24. The Labute approximate surface area is 217 Å². The summed E-state index contributed by atoms with van der Waals surface area (Å²) in [7, 11) is -3.55. The quantitative estimate of drug-likeness (QED) is 0.454.